The fraction of sp³-hybridized carbons (Fsp3) is 0.480. The van der Waals surface area contributed by atoms with Crippen molar-refractivity contribution in [2.24, 2.45) is 5.92 Å². The van der Waals surface area contributed by atoms with Gasteiger partial charge in [0.05, 0.1) is 43.0 Å². The van der Waals surface area contributed by atoms with Gasteiger partial charge in [-0.2, -0.15) is 15.2 Å². The fourth-order valence-corrected chi connectivity index (χ4v) is 7.48. The average Bonchev–Trinajstić information content (AvgIpc) is 3.60. The molecule has 0 atom stereocenters. The van der Waals surface area contributed by atoms with Gasteiger partial charge in [0, 0.05) is 43.5 Å². The van der Waals surface area contributed by atoms with Crippen LogP contribution in [0, 0.1) is 17.2 Å². The molecule has 10 nitrogen and oxygen atoms in total. The van der Waals surface area contributed by atoms with E-state index in [2.05, 4.69) is 36.6 Å². The van der Waals surface area contributed by atoms with Crippen molar-refractivity contribution in [3.8, 4) is 11.8 Å². The lowest BCUT2D eigenvalue weighted by Gasteiger charge is -2.41. The molecule has 2 aromatic heterocycles. The standard InChI is InChI=1S/C25H30N7O3P/c1-34-21-10-19(36(33)8-6-32(7-9-36)18-14-35-15-18)4-5-20(21)29-25-30-23(27-12-16-2-3-16)22-17(11-26)13-28-24(22)31-25/h4-5,10,13,16,18H,2-3,6-9,12,14-15H2,1H3,(H3,27,28,29,30,31). The summed E-state index contributed by atoms with van der Waals surface area (Å²) in [5.74, 6) is 2.27. The van der Waals surface area contributed by atoms with Crippen molar-refractivity contribution in [3.05, 3.63) is 30.0 Å². The van der Waals surface area contributed by atoms with Crippen LogP contribution in [0.2, 0.25) is 0 Å². The summed E-state index contributed by atoms with van der Waals surface area (Å²) >= 11 is 0. The summed E-state index contributed by atoms with van der Waals surface area (Å²) in [7, 11) is -0.885. The lowest BCUT2D eigenvalue weighted by molar-refractivity contribution is -0.0620. The van der Waals surface area contributed by atoms with Crippen molar-refractivity contribution in [2.75, 3.05) is 62.9 Å². The molecular formula is C25H30N7O3P. The van der Waals surface area contributed by atoms with E-state index in [9.17, 15) is 9.83 Å². The highest BCUT2D eigenvalue weighted by molar-refractivity contribution is 7.71. The Kier molecular flexibility index (Phi) is 6.08. The van der Waals surface area contributed by atoms with E-state index in [0.717, 1.165) is 38.2 Å². The summed E-state index contributed by atoms with van der Waals surface area (Å²) in [6, 6.07) is 8.39. The van der Waals surface area contributed by atoms with Gasteiger partial charge < -0.3 is 29.7 Å². The van der Waals surface area contributed by atoms with E-state index in [-0.39, 0.29) is 0 Å². The highest BCUT2D eigenvalue weighted by atomic mass is 31.2. The van der Waals surface area contributed by atoms with Crippen LogP contribution < -0.4 is 20.7 Å². The SMILES string of the molecule is COc1cc(P2(=O)CCN(C3COC3)CC2)ccc1Nc1nc(NCC2CC2)c2c(C#N)c[nH]c2n1. The van der Waals surface area contributed by atoms with Gasteiger partial charge in [0.25, 0.3) is 0 Å². The number of aromatic nitrogens is 3. The zero-order valence-electron chi connectivity index (χ0n) is 20.3. The molecule has 1 aliphatic carbocycles. The number of methoxy groups -OCH3 is 1. The smallest absolute Gasteiger partial charge is 0.231 e. The number of hydrogen-bond donors (Lipinski definition) is 3. The lowest BCUT2D eigenvalue weighted by Crippen LogP contribution is -2.52. The van der Waals surface area contributed by atoms with Crippen molar-refractivity contribution in [1.82, 2.24) is 19.9 Å². The molecule has 0 radical (unpaired) electrons. The Morgan fingerprint density at radius 2 is 2.08 bits per heavy atom. The number of nitriles is 1. The van der Waals surface area contributed by atoms with Crippen LogP contribution in [-0.4, -0.2) is 78.2 Å². The van der Waals surface area contributed by atoms with Crippen LogP contribution in [0.3, 0.4) is 0 Å². The summed E-state index contributed by atoms with van der Waals surface area (Å²) in [5, 5.41) is 17.7. The van der Waals surface area contributed by atoms with Crippen LogP contribution in [0.15, 0.2) is 24.4 Å². The zero-order valence-corrected chi connectivity index (χ0v) is 21.2. The first-order valence-electron chi connectivity index (χ1n) is 12.4. The van der Waals surface area contributed by atoms with Gasteiger partial charge >= 0.3 is 0 Å². The van der Waals surface area contributed by atoms with Crippen LogP contribution in [-0.2, 0) is 9.30 Å². The predicted molar refractivity (Wildman–Crippen MR) is 139 cm³/mol. The minimum Gasteiger partial charge on any atom is -0.495 e. The minimum atomic E-state index is -2.49. The number of nitrogens with one attached hydrogen (secondary N) is 3. The summed E-state index contributed by atoms with van der Waals surface area (Å²) in [6.07, 6.45) is 5.42. The Hall–Kier alpha value is -3.12. The second-order valence-corrected chi connectivity index (χ2v) is 13.0. The molecule has 0 bridgehead atoms. The van der Waals surface area contributed by atoms with Gasteiger partial charge in [-0.3, -0.25) is 4.90 Å². The van der Waals surface area contributed by atoms with Crippen molar-refractivity contribution in [1.29, 1.82) is 5.26 Å². The molecule has 4 heterocycles. The maximum Gasteiger partial charge on any atom is 0.231 e. The van der Waals surface area contributed by atoms with Crippen LogP contribution in [0.25, 0.3) is 11.0 Å². The summed E-state index contributed by atoms with van der Waals surface area (Å²) in [4.78, 5) is 14.8. The molecule has 3 fully saturated rings. The number of H-pyrrole nitrogens is 1. The molecule has 0 unspecified atom stereocenters. The second kappa shape index (κ2) is 9.40. The second-order valence-electron chi connectivity index (χ2n) is 9.83. The molecule has 0 amide bonds. The molecule has 2 aliphatic heterocycles. The number of nitrogens with zero attached hydrogens (tertiary/aromatic N) is 4. The Bertz CT molecular complexity index is 1360. The van der Waals surface area contributed by atoms with E-state index in [1.165, 1.54) is 12.8 Å². The first-order valence-corrected chi connectivity index (χ1v) is 14.5. The molecule has 3 aromatic rings. The molecule has 1 saturated carbocycles. The number of rotatable bonds is 8. The minimum absolute atomic E-state index is 0.390. The van der Waals surface area contributed by atoms with Gasteiger partial charge in [-0.25, -0.2) is 0 Å². The van der Waals surface area contributed by atoms with Gasteiger partial charge in [-0.05, 0) is 37.0 Å². The van der Waals surface area contributed by atoms with Crippen LogP contribution in [0.1, 0.15) is 18.4 Å². The van der Waals surface area contributed by atoms with Crippen molar-refractivity contribution >= 4 is 40.9 Å². The number of fused-ring (bicyclic) bond motifs is 1. The Morgan fingerprint density at radius 1 is 1.28 bits per heavy atom. The maximum atomic E-state index is 13.8. The Labute approximate surface area is 209 Å². The van der Waals surface area contributed by atoms with E-state index >= 15 is 0 Å². The Balaban J connectivity index is 1.24. The number of anilines is 3. The third-order valence-corrected chi connectivity index (χ3v) is 10.5. The maximum absolute atomic E-state index is 13.8. The number of hydrogen-bond acceptors (Lipinski definition) is 9. The molecule has 1 aromatic carbocycles. The van der Waals surface area contributed by atoms with Crippen LogP contribution >= 0.6 is 7.14 Å². The van der Waals surface area contributed by atoms with Crippen molar-refractivity contribution in [2.45, 2.75) is 18.9 Å². The normalized spacial score (nSPS) is 20.0. The summed E-state index contributed by atoms with van der Waals surface area (Å²) in [6.45, 7) is 4.05. The highest BCUT2D eigenvalue weighted by Gasteiger charge is 2.35. The largest absolute Gasteiger partial charge is 0.495 e. The molecule has 36 heavy (non-hydrogen) atoms. The molecule has 3 aliphatic rings. The van der Waals surface area contributed by atoms with Gasteiger partial charge in [-0.1, -0.05) is 0 Å². The molecule has 3 N–H and O–H groups in total. The van der Waals surface area contributed by atoms with E-state index in [0.29, 0.717) is 64.1 Å². The topological polar surface area (TPSA) is 128 Å². The average molecular weight is 508 g/mol. The first kappa shape index (κ1) is 23.3. The van der Waals surface area contributed by atoms with Crippen molar-refractivity contribution < 1.29 is 14.0 Å². The fourth-order valence-electron chi connectivity index (χ4n) is 4.89. The summed E-state index contributed by atoms with van der Waals surface area (Å²) < 4.78 is 24.8. The lowest BCUT2D eigenvalue weighted by atomic mass is 10.2. The molecule has 188 valence electrons. The number of benzene rings is 1. The number of aromatic amines is 1. The zero-order chi connectivity index (χ0) is 24.7. The molecule has 11 heteroatoms. The molecule has 2 saturated heterocycles. The quantitative estimate of drug-likeness (QED) is 0.394. The van der Waals surface area contributed by atoms with E-state index in [1.807, 2.05) is 18.2 Å². The van der Waals surface area contributed by atoms with Gasteiger partial charge in [0.1, 0.15) is 30.4 Å². The molecule has 0 spiro atoms. The van der Waals surface area contributed by atoms with Gasteiger partial charge in [0.15, 0.2) is 0 Å². The third kappa shape index (κ3) is 4.43. The third-order valence-electron chi connectivity index (χ3n) is 7.44. The number of ether oxygens (including phenoxy) is 2. The molecular weight excluding hydrogens is 477 g/mol. The summed E-state index contributed by atoms with van der Waals surface area (Å²) in [5.41, 5.74) is 1.79. The first-order chi connectivity index (χ1) is 17.6. The monoisotopic (exact) mass is 507 g/mol. The Morgan fingerprint density at radius 3 is 2.75 bits per heavy atom. The van der Waals surface area contributed by atoms with Crippen LogP contribution in [0.5, 0.6) is 5.75 Å². The van der Waals surface area contributed by atoms with Gasteiger partial charge in [-0.15, -0.1) is 0 Å². The molecule has 6 rings (SSSR count). The van der Waals surface area contributed by atoms with Crippen LogP contribution in [0.4, 0.5) is 17.5 Å². The van der Waals surface area contributed by atoms with E-state index < -0.39 is 7.14 Å². The van der Waals surface area contributed by atoms with Crippen molar-refractivity contribution in [3.63, 3.8) is 0 Å². The highest BCUT2D eigenvalue weighted by Crippen LogP contribution is 2.48. The van der Waals surface area contributed by atoms with E-state index in [4.69, 9.17) is 9.47 Å². The van der Waals surface area contributed by atoms with Gasteiger partial charge in [0.2, 0.25) is 5.95 Å². The van der Waals surface area contributed by atoms with E-state index in [1.54, 1.807) is 13.3 Å². The predicted octanol–water partition coefficient (Wildman–Crippen LogP) is 3.11.